The molecule has 0 atom stereocenters. The van der Waals surface area contributed by atoms with Crippen molar-refractivity contribution in [3.05, 3.63) is 28.8 Å². The maximum absolute atomic E-state index is 12.9. The Morgan fingerprint density at radius 1 is 1.24 bits per heavy atom. The Bertz CT molecular complexity index is 814. The van der Waals surface area contributed by atoms with Crippen LogP contribution in [0.15, 0.2) is 18.2 Å². The molecule has 0 unspecified atom stereocenters. The summed E-state index contributed by atoms with van der Waals surface area (Å²) >= 11 is 6.19. The molecule has 1 saturated carbocycles. The minimum atomic E-state index is -0.191. The Labute approximate surface area is 177 Å². The predicted octanol–water partition coefficient (Wildman–Crippen LogP) is 3.46. The highest BCUT2D eigenvalue weighted by Crippen LogP contribution is 2.31. The average molecular weight is 420 g/mol. The van der Waals surface area contributed by atoms with Crippen LogP contribution in [0.25, 0.3) is 0 Å². The van der Waals surface area contributed by atoms with Crippen LogP contribution in [0.4, 0.5) is 5.69 Å². The molecular formula is C22H30ClN3O3. The van der Waals surface area contributed by atoms with E-state index in [1.54, 1.807) is 21.9 Å². The largest absolute Gasteiger partial charge is 0.333 e. The highest BCUT2D eigenvalue weighted by molar-refractivity contribution is 6.31. The Hall–Kier alpha value is -2.08. The summed E-state index contributed by atoms with van der Waals surface area (Å²) in [5.74, 6) is 0.172. The first-order valence-electron chi connectivity index (χ1n) is 10.2. The van der Waals surface area contributed by atoms with Crippen molar-refractivity contribution < 1.29 is 14.4 Å². The molecule has 0 aromatic heterocycles. The van der Waals surface area contributed by atoms with Gasteiger partial charge in [0.05, 0.1) is 6.54 Å². The van der Waals surface area contributed by atoms with Gasteiger partial charge in [-0.05, 0) is 48.8 Å². The van der Waals surface area contributed by atoms with Gasteiger partial charge in [0.1, 0.15) is 13.2 Å². The molecule has 29 heavy (non-hydrogen) atoms. The van der Waals surface area contributed by atoms with Crippen molar-refractivity contribution in [2.45, 2.75) is 47.0 Å². The number of benzene rings is 1. The second-order valence-electron chi connectivity index (χ2n) is 9.39. The zero-order valence-corrected chi connectivity index (χ0v) is 18.5. The summed E-state index contributed by atoms with van der Waals surface area (Å²) in [6.45, 7) is 8.78. The van der Waals surface area contributed by atoms with E-state index in [-0.39, 0.29) is 42.9 Å². The molecule has 3 amide bonds. The number of nitrogens with zero attached hydrogens (tertiary/aromatic N) is 3. The fourth-order valence-electron chi connectivity index (χ4n) is 3.51. The van der Waals surface area contributed by atoms with E-state index >= 15 is 0 Å². The van der Waals surface area contributed by atoms with Gasteiger partial charge >= 0.3 is 0 Å². The normalized spacial score (nSPS) is 17.1. The fraction of sp³-hybridized carbons (Fsp3) is 0.591. The van der Waals surface area contributed by atoms with E-state index in [1.165, 1.54) is 4.90 Å². The molecule has 0 spiro atoms. The second kappa shape index (κ2) is 8.34. The van der Waals surface area contributed by atoms with Crippen LogP contribution < -0.4 is 4.90 Å². The topological polar surface area (TPSA) is 60.9 Å². The maximum atomic E-state index is 12.9. The third-order valence-corrected chi connectivity index (χ3v) is 5.77. The molecule has 2 fully saturated rings. The van der Waals surface area contributed by atoms with Crippen molar-refractivity contribution in [1.82, 2.24) is 9.80 Å². The van der Waals surface area contributed by atoms with Crippen molar-refractivity contribution in [3.8, 4) is 0 Å². The zero-order chi connectivity index (χ0) is 21.3. The summed E-state index contributed by atoms with van der Waals surface area (Å²) in [5, 5.41) is 0.587. The highest BCUT2D eigenvalue weighted by atomic mass is 35.5. The van der Waals surface area contributed by atoms with Gasteiger partial charge in [-0.15, -0.1) is 0 Å². The summed E-state index contributed by atoms with van der Waals surface area (Å²) in [7, 11) is 0. The van der Waals surface area contributed by atoms with Gasteiger partial charge in [-0.3, -0.25) is 19.3 Å². The van der Waals surface area contributed by atoms with Gasteiger partial charge in [0, 0.05) is 23.7 Å². The van der Waals surface area contributed by atoms with E-state index in [1.807, 2.05) is 33.8 Å². The standard InChI is InChI=1S/C22H30ClN3O3/c1-15-17(23)6-5-7-18(15)26-14-25(13-21(26)29)20(28)12-24(11-16-8-9-16)19(27)10-22(2,3)4/h5-7,16H,8-14H2,1-4H3. The van der Waals surface area contributed by atoms with E-state index in [9.17, 15) is 14.4 Å². The number of carbonyl (C=O) groups excluding carboxylic acids is 3. The van der Waals surface area contributed by atoms with Gasteiger partial charge in [-0.2, -0.15) is 0 Å². The van der Waals surface area contributed by atoms with E-state index in [4.69, 9.17) is 11.6 Å². The Kier molecular flexibility index (Phi) is 6.22. The monoisotopic (exact) mass is 419 g/mol. The van der Waals surface area contributed by atoms with Crippen LogP contribution in [0.2, 0.25) is 5.02 Å². The molecular weight excluding hydrogens is 390 g/mol. The van der Waals surface area contributed by atoms with Gasteiger partial charge < -0.3 is 9.80 Å². The zero-order valence-electron chi connectivity index (χ0n) is 17.7. The molecule has 1 aromatic carbocycles. The number of hydrogen-bond donors (Lipinski definition) is 0. The number of anilines is 1. The summed E-state index contributed by atoms with van der Waals surface area (Å²) in [6, 6.07) is 5.41. The van der Waals surface area contributed by atoms with Crippen molar-refractivity contribution in [3.63, 3.8) is 0 Å². The van der Waals surface area contributed by atoms with Crippen LogP contribution in [-0.4, -0.2) is 53.8 Å². The van der Waals surface area contributed by atoms with Gasteiger partial charge in [0.2, 0.25) is 17.7 Å². The molecule has 2 aliphatic rings. The van der Waals surface area contributed by atoms with Crippen molar-refractivity contribution in [1.29, 1.82) is 0 Å². The van der Waals surface area contributed by atoms with Crippen LogP contribution in [0.3, 0.4) is 0 Å². The first-order valence-corrected chi connectivity index (χ1v) is 10.5. The first-order chi connectivity index (χ1) is 13.5. The van der Waals surface area contributed by atoms with Gasteiger partial charge in [-0.1, -0.05) is 38.4 Å². The number of halogens is 1. The van der Waals surface area contributed by atoms with Gasteiger partial charge in [0.15, 0.2) is 0 Å². The van der Waals surface area contributed by atoms with Crippen LogP contribution in [0.1, 0.15) is 45.6 Å². The van der Waals surface area contributed by atoms with E-state index in [0.29, 0.717) is 23.9 Å². The number of hydrogen-bond acceptors (Lipinski definition) is 3. The molecule has 0 radical (unpaired) electrons. The summed E-state index contributed by atoms with van der Waals surface area (Å²) in [5.41, 5.74) is 1.40. The smallest absolute Gasteiger partial charge is 0.248 e. The lowest BCUT2D eigenvalue weighted by atomic mass is 9.91. The number of rotatable bonds is 6. The molecule has 158 valence electrons. The summed E-state index contributed by atoms with van der Waals surface area (Å²) in [6.07, 6.45) is 2.62. The SMILES string of the molecule is Cc1c(Cl)cccc1N1CN(C(=O)CN(CC2CC2)C(=O)CC(C)(C)C)CC1=O. The van der Waals surface area contributed by atoms with E-state index in [0.717, 1.165) is 24.1 Å². The molecule has 1 heterocycles. The molecule has 3 rings (SSSR count). The van der Waals surface area contributed by atoms with Crippen LogP contribution in [0.5, 0.6) is 0 Å². The minimum absolute atomic E-state index is 0.00538. The summed E-state index contributed by atoms with van der Waals surface area (Å²) < 4.78 is 0. The van der Waals surface area contributed by atoms with Crippen LogP contribution >= 0.6 is 11.6 Å². The first kappa shape index (κ1) is 21.6. The summed E-state index contributed by atoms with van der Waals surface area (Å²) in [4.78, 5) is 43.0. The second-order valence-corrected chi connectivity index (χ2v) is 9.80. The van der Waals surface area contributed by atoms with Gasteiger partial charge in [0.25, 0.3) is 0 Å². The molecule has 1 aromatic rings. The predicted molar refractivity (Wildman–Crippen MR) is 114 cm³/mol. The number of carbonyl (C=O) groups is 3. The van der Waals surface area contributed by atoms with Crippen LogP contribution in [-0.2, 0) is 14.4 Å². The average Bonchev–Trinajstić information content (AvgIpc) is 3.35. The highest BCUT2D eigenvalue weighted by Gasteiger charge is 2.35. The van der Waals surface area contributed by atoms with Gasteiger partial charge in [-0.25, -0.2) is 0 Å². The molecule has 1 aliphatic carbocycles. The Balaban J connectivity index is 1.68. The Morgan fingerprint density at radius 2 is 1.93 bits per heavy atom. The lowest BCUT2D eigenvalue weighted by Crippen LogP contribution is -2.44. The fourth-order valence-corrected chi connectivity index (χ4v) is 3.68. The lowest BCUT2D eigenvalue weighted by molar-refractivity contribution is -0.141. The van der Waals surface area contributed by atoms with E-state index < -0.39 is 0 Å². The molecule has 0 bridgehead atoms. The van der Waals surface area contributed by atoms with E-state index in [2.05, 4.69) is 0 Å². The molecule has 6 nitrogen and oxygen atoms in total. The minimum Gasteiger partial charge on any atom is -0.333 e. The molecule has 7 heteroatoms. The quantitative estimate of drug-likeness (QED) is 0.709. The molecule has 1 aliphatic heterocycles. The third kappa shape index (κ3) is 5.50. The van der Waals surface area contributed by atoms with Crippen molar-refractivity contribution >= 4 is 35.0 Å². The van der Waals surface area contributed by atoms with Crippen molar-refractivity contribution in [2.75, 3.05) is 31.2 Å². The lowest BCUT2D eigenvalue weighted by Gasteiger charge is -2.28. The Morgan fingerprint density at radius 3 is 2.55 bits per heavy atom. The number of amides is 3. The van der Waals surface area contributed by atoms with Crippen molar-refractivity contribution in [2.24, 2.45) is 11.3 Å². The van der Waals surface area contributed by atoms with Crippen LogP contribution in [0, 0.1) is 18.3 Å². The molecule has 1 saturated heterocycles. The molecule has 0 N–H and O–H groups in total. The third-order valence-electron chi connectivity index (χ3n) is 5.36. The maximum Gasteiger partial charge on any atom is 0.248 e.